The van der Waals surface area contributed by atoms with E-state index in [2.05, 4.69) is 20.4 Å². The van der Waals surface area contributed by atoms with Crippen LogP contribution in [-0.2, 0) is 0 Å². The van der Waals surface area contributed by atoms with Crippen molar-refractivity contribution in [3.8, 4) is 5.82 Å². The van der Waals surface area contributed by atoms with Crippen LogP contribution in [-0.4, -0.2) is 39.8 Å². The van der Waals surface area contributed by atoms with E-state index >= 15 is 0 Å². The highest BCUT2D eigenvalue weighted by molar-refractivity contribution is 6.04. The molecule has 7 nitrogen and oxygen atoms in total. The fourth-order valence-electron chi connectivity index (χ4n) is 2.04. The van der Waals surface area contributed by atoms with E-state index in [0.29, 0.717) is 17.1 Å². The quantitative estimate of drug-likeness (QED) is 0.797. The van der Waals surface area contributed by atoms with E-state index in [0.717, 1.165) is 5.69 Å². The summed E-state index contributed by atoms with van der Waals surface area (Å²) in [5.41, 5.74) is 2.26. The smallest absolute Gasteiger partial charge is 0.255 e. The third kappa shape index (κ3) is 3.34. The molecule has 0 aliphatic rings. The van der Waals surface area contributed by atoms with E-state index in [1.165, 1.54) is 6.33 Å². The van der Waals surface area contributed by atoms with Crippen LogP contribution in [0.5, 0.6) is 0 Å². The minimum Gasteiger partial charge on any atom is -0.378 e. The van der Waals surface area contributed by atoms with Gasteiger partial charge in [-0.25, -0.2) is 14.6 Å². The fourth-order valence-corrected chi connectivity index (χ4v) is 2.04. The lowest BCUT2D eigenvalue weighted by Crippen LogP contribution is -2.13. The third-order valence-electron chi connectivity index (χ3n) is 3.31. The third-order valence-corrected chi connectivity index (χ3v) is 3.31. The van der Waals surface area contributed by atoms with E-state index < -0.39 is 0 Å². The zero-order valence-electron chi connectivity index (χ0n) is 12.8. The van der Waals surface area contributed by atoms with E-state index in [1.54, 1.807) is 41.5 Å². The van der Waals surface area contributed by atoms with Crippen LogP contribution in [0.3, 0.4) is 0 Å². The van der Waals surface area contributed by atoms with Gasteiger partial charge in [-0.1, -0.05) is 0 Å². The molecule has 3 aromatic rings. The van der Waals surface area contributed by atoms with Gasteiger partial charge in [0.2, 0.25) is 0 Å². The van der Waals surface area contributed by atoms with Crippen LogP contribution in [0.4, 0.5) is 11.4 Å². The van der Waals surface area contributed by atoms with Crippen LogP contribution in [0.1, 0.15) is 10.4 Å². The lowest BCUT2D eigenvalue weighted by Gasteiger charge is -2.12. The molecule has 3 rings (SSSR count). The van der Waals surface area contributed by atoms with Crippen molar-refractivity contribution in [3.05, 3.63) is 60.8 Å². The number of hydrogen-bond donors (Lipinski definition) is 1. The molecular formula is C16H16N6O. The van der Waals surface area contributed by atoms with Crippen LogP contribution in [0, 0.1) is 0 Å². The molecule has 0 unspecified atom stereocenters. The maximum atomic E-state index is 12.2. The van der Waals surface area contributed by atoms with Crippen molar-refractivity contribution < 1.29 is 4.79 Å². The summed E-state index contributed by atoms with van der Waals surface area (Å²) in [5, 5.41) is 6.82. The van der Waals surface area contributed by atoms with E-state index in [9.17, 15) is 4.79 Å². The van der Waals surface area contributed by atoms with E-state index in [1.807, 2.05) is 31.1 Å². The first-order chi connectivity index (χ1) is 11.1. The molecule has 116 valence electrons. The van der Waals surface area contributed by atoms with Crippen LogP contribution in [0.15, 0.2) is 55.2 Å². The SMILES string of the molecule is CN(C)c1ccc(C(=O)Nc2ccc(-n3cncn3)nc2)cc1. The zero-order chi connectivity index (χ0) is 16.2. The predicted molar refractivity (Wildman–Crippen MR) is 87.9 cm³/mol. The average molecular weight is 308 g/mol. The Morgan fingerprint density at radius 2 is 1.91 bits per heavy atom. The van der Waals surface area contributed by atoms with Crippen LogP contribution < -0.4 is 10.2 Å². The molecule has 1 aromatic carbocycles. The number of nitrogens with one attached hydrogen (secondary N) is 1. The number of hydrogen-bond acceptors (Lipinski definition) is 5. The van der Waals surface area contributed by atoms with Crippen molar-refractivity contribution >= 4 is 17.3 Å². The monoisotopic (exact) mass is 308 g/mol. The molecule has 0 aliphatic heterocycles. The first-order valence-corrected chi connectivity index (χ1v) is 7.03. The Labute approximate surface area is 133 Å². The summed E-state index contributed by atoms with van der Waals surface area (Å²) in [6.07, 6.45) is 4.59. The van der Waals surface area contributed by atoms with Gasteiger partial charge in [0.05, 0.1) is 11.9 Å². The molecule has 1 N–H and O–H groups in total. The molecule has 0 bridgehead atoms. The van der Waals surface area contributed by atoms with Gasteiger partial charge in [0.1, 0.15) is 12.7 Å². The predicted octanol–water partition coefficient (Wildman–Crippen LogP) is 1.98. The molecule has 2 heterocycles. The fraction of sp³-hybridized carbons (Fsp3) is 0.125. The largest absolute Gasteiger partial charge is 0.378 e. The second-order valence-electron chi connectivity index (χ2n) is 5.14. The molecule has 0 radical (unpaired) electrons. The van der Waals surface area contributed by atoms with Crippen molar-refractivity contribution in [2.24, 2.45) is 0 Å². The molecule has 0 atom stereocenters. The molecule has 0 saturated heterocycles. The van der Waals surface area contributed by atoms with Crippen molar-refractivity contribution in [3.63, 3.8) is 0 Å². The van der Waals surface area contributed by atoms with Crippen LogP contribution >= 0.6 is 0 Å². The van der Waals surface area contributed by atoms with Crippen molar-refractivity contribution in [1.82, 2.24) is 19.7 Å². The number of rotatable bonds is 4. The Hall–Kier alpha value is -3.22. The van der Waals surface area contributed by atoms with Crippen LogP contribution in [0.25, 0.3) is 5.82 Å². The van der Waals surface area contributed by atoms with Crippen LogP contribution in [0.2, 0.25) is 0 Å². The van der Waals surface area contributed by atoms with Gasteiger partial charge in [0, 0.05) is 25.3 Å². The van der Waals surface area contributed by atoms with Gasteiger partial charge in [-0.05, 0) is 36.4 Å². The van der Waals surface area contributed by atoms with Gasteiger partial charge in [-0.3, -0.25) is 4.79 Å². The summed E-state index contributed by atoms with van der Waals surface area (Å²) in [4.78, 5) is 22.3. The molecule has 2 aromatic heterocycles. The van der Waals surface area contributed by atoms with E-state index in [-0.39, 0.29) is 5.91 Å². The van der Waals surface area contributed by atoms with Crippen molar-refractivity contribution in [2.75, 3.05) is 24.3 Å². The summed E-state index contributed by atoms with van der Waals surface area (Å²) in [6.45, 7) is 0. The number of aromatic nitrogens is 4. The molecular weight excluding hydrogens is 292 g/mol. The Kier molecular flexibility index (Phi) is 4.01. The van der Waals surface area contributed by atoms with Gasteiger partial charge in [-0.2, -0.15) is 5.10 Å². The summed E-state index contributed by atoms with van der Waals surface area (Å²) in [7, 11) is 3.91. The highest BCUT2D eigenvalue weighted by Crippen LogP contribution is 2.14. The molecule has 0 saturated carbocycles. The number of anilines is 2. The van der Waals surface area contributed by atoms with E-state index in [4.69, 9.17) is 0 Å². The zero-order valence-corrected chi connectivity index (χ0v) is 12.8. The Balaban J connectivity index is 1.70. The van der Waals surface area contributed by atoms with Gasteiger partial charge in [-0.15, -0.1) is 0 Å². The standard InChI is InChI=1S/C16H16N6O/c1-21(2)14-6-3-12(4-7-14)16(23)20-13-5-8-15(18-9-13)22-11-17-10-19-22/h3-11H,1-2H3,(H,20,23). The first-order valence-electron chi connectivity index (χ1n) is 7.03. The Morgan fingerprint density at radius 3 is 2.48 bits per heavy atom. The summed E-state index contributed by atoms with van der Waals surface area (Å²) < 4.78 is 1.55. The lowest BCUT2D eigenvalue weighted by atomic mass is 10.2. The number of nitrogens with zero attached hydrogens (tertiary/aromatic N) is 5. The number of carbonyl (C=O) groups is 1. The second kappa shape index (κ2) is 6.27. The van der Waals surface area contributed by atoms with Gasteiger partial charge in [0.15, 0.2) is 5.82 Å². The summed E-state index contributed by atoms with van der Waals surface area (Å²) in [5.74, 6) is 0.460. The normalized spacial score (nSPS) is 10.3. The molecule has 0 fully saturated rings. The summed E-state index contributed by atoms with van der Waals surface area (Å²) >= 11 is 0. The Morgan fingerprint density at radius 1 is 1.13 bits per heavy atom. The topological polar surface area (TPSA) is 75.9 Å². The molecule has 0 aliphatic carbocycles. The van der Waals surface area contributed by atoms with Gasteiger partial charge in [0.25, 0.3) is 5.91 Å². The molecule has 23 heavy (non-hydrogen) atoms. The van der Waals surface area contributed by atoms with Crippen molar-refractivity contribution in [2.45, 2.75) is 0 Å². The second-order valence-corrected chi connectivity index (χ2v) is 5.14. The number of benzene rings is 1. The summed E-state index contributed by atoms with van der Waals surface area (Å²) in [6, 6.07) is 10.9. The minimum absolute atomic E-state index is 0.175. The highest BCUT2D eigenvalue weighted by atomic mass is 16.1. The lowest BCUT2D eigenvalue weighted by molar-refractivity contribution is 0.102. The minimum atomic E-state index is -0.175. The first kappa shape index (κ1) is 14.7. The number of pyridine rings is 1. The highest BCUT2D eigenvalue weighted by Gasteiger charge is 2.07. The maximum Gasteiger partial charge on any atom is 0.255 e. The average Bonchev–Trinajstić information content (AvgIpc) is 3.10. The molecule has 0 spiro atoms. The van der Waals surface area contributed by atoms with Gasteiger partial charge >= 0.3 is 0 Å². The Bertz CT molecular complexity index is 778. The number of carbonyl (C=O) groups excluding carboxylic acids is 1. The van der Waals surface area contributed by atoms with Crippen molar-refractivity contribution in [1.29, 1.82) is 0 Å². The number of amides is 1. The molecule has 7 heteroatoms. The van der Waals surface area contributed by atoms with Gasteiger partial charge < -0.3 is 10.2 Å². The maximum absolute atomic E-state index is 12.2. The molecule has 1 amide bonds.